The van der Waals surface area contributed by atoms with Crippen LogP contribution in [0.25, 0.3) is 11.3 Å². The maximum Gasteiger partial charge on any atom is 0.262 e. The lowest BCUT2D eigenvalue weighted by Crippen LogP contribution is -2.26. The zero-order valence-electron chi connectivity index (χ0n) is 16.8. The first-order valence-corrected chi connectivity index (χ1v) is 9.98. The van der Waals surface area contributed by atoms with E-state index in [1.165, 1.54) is 23.2 Å². The Kier molecular flexibility index (Phi) is 5.83. The fourth-order valence-corrected chi connectivity index (χ4v) is 3.40. The monoisotopic (exact) mass is 443 g/mol. The number of anilines is 3. The quantitative estimate of drug-likeness (QED) is 0.472. The molecule has 0 fully saturated rings. The highest BCUT2D eigenvalue weighted by Gasteiger charge is 2.22. The summed E-state index contributed by atoms with van der Waals surface area (Å²) in [6.07, 6.45) is 3.19. The summed E-state index contributed by atoms with van der Waals surface area (Å²) < 4.78 is 0. The van der Waals surface area contributed by atoms with Crippen molar-refractivity contribution >= 4 is 40.6 Å². The number of hydrogen-bond acceptors (Lipinski definition) is 5. The van der Waals surface area contributed by atoms with Crippen LogP contribution in [0.2, 0.25) is 5.02 Å². The number of nitrogen functional groups attached to an aromatic ring is 1. The molecule has 0 aliphatic rings. The van der Waals surface area contributed by atoms with Gasteiger partial charge in [-0.2, -0.15) is 0 Å². The van der Waals surface area contributed by atoms with E-state index >= 15 is 0 Å². The lowest BCUT2D eigenvalue weighted by Gasteiger charge is -2.24. The molecule has 4 N–H and O–H groups in total. The average Bonchev–Trinajstić information content (AvgIpc) is 2.82. The van der Waals surface area contributed by atoms with Crippen LogP contribution >= 0.6 is 11.6 Å². The Labute approximate surface area is 189 Å². The summed E-state index contributed by atoms with van der Waals surface area (Å²) in [6.45, 7) is 0. The first-order chi connectivity index (χ1) is 15.4. The number of hydrogen-bond donors (Lipinski definition) is 2. The molecule has 2 aromatic heterocycles. The molecule has 0 aliphatic carbocycles. The summed E-state index contributed by atoms with van der Waals surface area (Å²) in [7, 11) is 0. The van der Waals surface area contributed by atoms with Gasteiger partial charge in [0, 0.05) is 22.9 Å². The van der Waals surface area contributed by atoms with Crippen LogP contribution in [0.15, 0.2) is 85.2 Å². The summed E-state index contributed by atoms with van der Waals surface area (Å²) in [5.41, 5.74) is 14.1. The Hall–Kier alpha value is -4.23. The third kappa shape index (κ3) is 4.28. The molecule has 2 heterocycles. The largest absolute Gasteiger partial charge is 0.384 e. The van der Waals surface area contributed by atoms with E-state index in [4.69, 9.17) is 23.1 Å². The highest BCUT2D eigenvalue weighted by Crippen LogP contribution is 2.34. The van der Waals surface area contributed by atoms with Gasteiger partial charge in [0.05, 0.1) is 28.3 Å². The predicted molar refractivity (Wildman–Crippen MR) is 125 cm³/mol. The van der Waals surface area contributed by atoms with Gasteiger partial charge in [-0.05, 0) is 66.7 Å². The summed E-state index contributed by atoms with van der Waals surface area (Å²) in [4.78, 5) is 34.9. The second kappa shape index (κ2) is 8.87. The summed E-state index contributed by atoms with van der Waals surface area (Å²) in [5.74, 6) is -0.569. The first kappa shape index (κ1) is 21.0. The molecule has 0 saturated heterocycles. The molecular formula is C24H18ClN5O2. The second-order valence-corrected chi connectivity index (χ2v) is 7.31. The van der Waals surface area contributed by atoms with Gasteiger partial charge in [-0.1, -0.05) is 17.7 Å². The summed E-state index contributed by atoms with van der Waals surface area (Å²) in [5, 5.41) is 0.501. The van der Waals surface area contributed by atoms with E-state index in [1.54, 1.807) is 48.7 Å². The number of carbonyl (C=O) groups is 2. The SMILES string of the molecule is NC(=O)c1ccc(C(=O)N(c2ccc(N)nc2)c2ccc(Cl)c(-c3ccccn3)c2)cc1. The van der Waals surface area contributed by atoms with Gasteiger partial charge in [-0.25, -0.2) is 4.98 Å². The van der Waals surface area contributed by atoms with Crippen molar-refractivity contribution in [1.29, 1.82) is 0 Å². The van der Waals surface area contributed by atoms with E-state index in [9.17, 15) is 9.59 Å². The van der Waals surface area contributed by atoms with Crippen LogP contribution in [0.5, 0.6) is 0 Å². The highest BCUT2D eigenvalue weighted by atomic mass is 35.5. The van der Waals surface area contributed by atoms with Crippen molar-refractivity contribution in [3.05, 3.63) is 101 Å². The van der Waals surface area contributed by atoms with Gasteiger partial charge in [-0.3, -0.25) is 19.5 Å². The number of pyridine rings is 2. The Morgan fingerprint density at radius 3 is 2.19 bits per heavy atom. The molecule has 0 bridgehead atoms. The Bertz CT molecular complexity index is 1280. The lowest BCUT2D eigenvalue weighted by atomic mass is 10.1. The number of nitrogens with zero attached hydrogens (tertiary/aromatic N) is 3. The molecule has 0 spiro atoms. The van der Waals surface area contributed by atoms with Crippen molar-refractivity contribution in [3.63, 3.8) is 0 Å². The van der Waals surface area contributed by atoms with E-state index in [0.717, 1.165) is 0 Å². The Balaban J connectivity index is 1.82. The Morgan fingerprint density at radius 2 is 1.56 bits per heavy atom. The summed E-state index contributed by atoms with van der Waals surface area (Å²) in [6, 6.07) is 20.2. The molecule has 8 heteroatoms. The van der Waals surface area contributed by atoms with Gasteiger partial charge >= 0.3 is 0 Å². The maximum atomic E-state index is 13.5. The van der Waals surface area contributed by atoms with Gasteiger partial charge in [0.25, 0.3) is 5.91 Å². The van der Waals surface area contributed by atoms with Crippen LogP contribution in [0.4, 0.5) is 17.2 Å². The van der Waals surface area contributed by atoms with Crippen molar-refractivity contribution in [2.45, 2.75) is 0 Å². The number of rotatable bonds is 5. The van der Waals surface area contributed by atoms with Gasteiger partial charge in [-0.15, -0.1) is 0 Å². The molecule has 4 aromatic rings. The van der Waals surface area contributed by atoms with E-state index in [1.807, 2.05) is 18.2 Å². The molecule has 2 amide bonds. The van der Waals surface area contributed by atoms with Crippen molar-refractivity contribution in [2.75, 3.05) is 10.6 Å². The van der Waals surface area contributed by atoms with Crippen LogP contribution in [0.1, 0.15) is 20.7 Å². The zero-order chi connectivity index (χ0) is 22.7. The average molecular weight is 444 g/mol. The predicted octanol–water partition coefficient (Wildman–Crippen LogP) is 4.46. The van der Waals surface area contributed by atoms with Crippen LogP contribution in [-0.2, 0) is 0 Å². The molecule has 0 unspecified atom stereocenters. The van der Waals surface area contributed by atoms with Gasteiger partial charge < -0.3 is 11.5 Å². The van der Waals surface area contributed by atoms with Crippen molar-refractivity contribution < 1.29 is 9.59 Å². The highest BCUT2D eigenvalue weighted by molar-refractivity contribution is 6.33. The third-order valence-electron chi connectivity index (χ3n) is 4.80. The molecule has 4 rings (SSSR count). The van der Waals surface area contributed by atoms with E-state index in [2.05, 4.69) is 9.97 Å². The van der Waals surface area contributed by atoms with E-state index < -0.39 is 5.91 Å². The summed E-state index contributed by atoms with van der Waals surface area (Å²) >= 11 is 6.43. The minimum atomic E-state index is -0.568. The van der Waals surface area contributed by atoms with Crippen LogP contribution in [0.3, 0.4) is 0 Å². The van der Waals surface area contributed by atoms with Crippen LogP contribution < -0.4 is 16.4 Å². The number of carbonyl (C=O) groups excluding carboxylic acids is 2. The van der Waals surface area contributed by atoms with Gasteiger partial charge in [0.15, 0.2) is 0 Å². The van der Waals surface area contributed by atoms with Crippen LogP contribution in [-0.4, -0.2) is 21.8 Å². The second-order valence-electron chi connectivity index (χ2n) is 6.90. The smallest absolute Gasteiger partial charge is 0.262 e. The topological polar surface area (TPSA) is 115 Å². The van der Waals surface area contributed by atoms with Crippen molar-refractivity contribution in [2.24, 2.45) is 5.73 Å². The molecule has 158 valence electrons. The van der Waals surface area contributed by atoms with Crippen molar-refractivity contribution in [1.82, 2.24) is 9.97 Å². The molecule has 0 atom stereocenters. The number of benzene rings is 2. The van der Waals surface area contributed by atoms with E-state index in [-0.39, 0.29) is 5.91 Å². The zero-order valence-corrected chi connectivity index (χ0v) is 17.5. The van der Waals surface area contributed by atoms with Crippen LogP contribution in [0, 0.1) is 0 Å². The fourth-order valence-electron chi connectivity index (χ4n) is 3.19. The molecule has 7 nitrogen and oxygen atoms in total. The molecule has 0 saturated carbocycles. The van der Waals surface area contributed by atoms with E-state index in [0.29, 0.717) is 44.6 Å². The lowest BCUT2D eigenvalue weighted by molar-refractivity contribution is 0.0988. The normalized spacial score (nSPS) is 10.5. The minimum Gasteiger partial charge on any atom is -0.384 e. The number of aromatic nitrogens is 2. The van der Waals surface area contributed by atoms with Gasteiger partial charge in [0.2, 0.25) is 5.91 Å². The Morgan fingerprint density at radius 1 is 0.844 bits per heavy atom. The molecular weight excluding hydrogens is 426 g/mol. The number of halogens is 1. The number of nitrogens with two attached hydrogens (primary N) is 2. The van der Waals surface area contributed by atoms with Gasteiger partial charge in [0.1, 0.15) is 5.82 Å². The molecule has 0 radical (unpaired) electrons. The fraction of sp³-hybridized carbons (Fsp3) is 0. The molecule has 2 aromatic carbocycles. The minimum absolute atomic E-state index is 0.311. The number of primary amides is 1. The third-order valence-corrected chi connectivity index (χ3v) is 5.13. The maximum absolute atomic E-state index is 13.5. The molecule has 32 heavy (non-hydrogen) atoms. The van der Waals surface area contributed by atoms with Crippen molar-refractivity contribution in [3.8, 4) is 11.3 Å². The first-order valence-electron chi connectivity index (χ1n) is 9.61. The molecule has 0 aliphatic heterocycles. The number of amides is 2. The standard InChI is InChI=1S/C24H18ClN5O2/c25-20-10-8-17(13-19(20)21-3-1-2-12-28-21)30(18-9-11-22(26)29-14-18)24(32)16-6-4-15(5-7-16)23(27)31/h1-14H,(H2,26,29)(H2,27,31).